The Kier molecular flexibility index (Phi) is 8.62. The third-order valence-electron chi connectivity index (χ3n) is 7.58. The molecule has 0 saturated carbocycles. The summed E-state index contributed by atoms with van der Waals surface area (Å²) in [6, 6.07) is 20.3. The lowest BCUT2D eigenvalue weighted by Gasteiger charge is -2.27. The predicted molar refractivity (Wildman–Crippen MR) is 181 cm³/mol. The summed E-state index contributed by atoms with van der Waals surface area (Å²) in [6.45, 7) is 14.3. The SMILES string of the molecule is CCOC(=O)C1=C(c2ccccc2)N=c2s/c(=C\c3cc(C(C)(C)C)c(O)c(C(C)(C)C)c3)c(=O)n2[C@H]1c1cccc(Br)c1. The maximum absolute atomic E-state index is 14.3. The second kappa shape index (κ2) is 12.0. The van der Waals surface area contributed by atoms with Gasteiger partial charge in [0.15, 0.2) is 4.80 Å². The molecule has 4 aromatic rings. The molecule has 1 aromatic heterocycles. The Morgan fingerprint density at radius 3 is 2.20 bits per heavy atom. The second-order valence-corrected chi connectivity index (χ2v) is 14.9. The van der Waals surface area contributed by atoms with Gasteiger partial charge < -0.3 is 9.84 Å². The van der Waals surface area contributed by atoms with E-state index in [1.807, 2.05) is 72.8 Å². The van der Waals surface area contributed by atoms with Gasteiger partial charge in [-0.25, -0.2) is 9.79 Å². The van der Waals surface area contributed by atoms with Crippen LogP contribution in [0.1, 0.15) is 82.3 Å². The van der Waals surface area contributed by atoms with E-state index in [4.69, 9.17) is 9.73 Å². The molecule has 0 unspecified atom stereocenters. The van der Waals surface area contributed by atoms with Crippen LogP contribution in [0.3, 0.4) is 0 Å². The van der Waals surface area contributed by atoms with Crippen molar-refractivity contribution in [2.45, 2.75) is 65.3 Å². The summed E-state index contributed by atoms with van der Waals surface area (Å²) in [5.41, 5.74) is 3.86. The van der Waals surface area contributed by atoms with Gasteiger partial charge in [0.2, 0.25) is 0 Å². The molecule has 1 aliphatic heterocycles. The summed E-state index contributed by atoms with van der Waals surface area (Å²) in [5.74, 6) is -0.234. The number of aromatic nitrogens is 1. The van der Waals surface area contributed by atoms with Crippen molar-refractivity contribution in [2.24, 2.45) is 4.99 Å². The van der Waals surface area contributed by atoms with Crippen molar-refractivity contribution in [1.29, 1.82) is 0 Å². The number of ether oxygens (including phenoxy) is 1. The normalized spacial score (nSPS) is 15.6. The molecule has 44 heavy (non-hydrogen) atoms. The quantitative estimate of drug-likeness (QED) is 0.232. The maximum atomic E-state index is 14.3. The fourth-order valence-electron chi connectivity index (χ4n) is 5.47. The second-order valence-electron chi connectivity index (χ2n) is 13.0. The molecule has 5 rings (SSSR count). The molecule has 6 nitrogen and oxygen atoms in total. The summed E-state index contributed by atoms with van der Waals surface area (Å²) in [5, 5.41) is 11.2. The fraction of sp³-hybridized carbons (Fsp3) is 0.306. The Balaban J connectivity index is 1.84. The van der Waals surface area contributed by atoms with Gasteiger partial charge in [0.1, 0.15) is 5.75 Å². The largest absolute Gasteiger partial charge is 0.507 e. The number of halogens is 1. The molecule has 8 heteroatoms. The van der Waals surface area contributed by atoms with Crippen LogP contribution in [0.2, 0.25) is 0 Å². The Hall–Kier alpha value is -3.75. The summed E-state index contributed by atoms with van der Waals surface area (Å²) in [6.07, 6.45) is 1.86. The average Bonchev–Trinajstić information content (AvgIpc) is 3.26. The van der Waals surface area contributed by atoms with E-state index in [2.05, 4.69) is 57.5 Å². The van der Waals surface area contributed by atoms with Gasteiger partial charge in [0.25, 0.3) is 5.56 Å². The van der Waals surface area contributed by atoms with Crippen molar-refractivity contribution in [3.05, 3.63) is 124 Å². The van der Waals surface area contributed by atoms with Crippen molar-refractivity contribution in [3.8, 4) is 5.75 Å². The summed E-state index contributed by atoms with van der Waals surface area (Å²) in [7, 11) is 0. The van der Waals surface area contributed by atoms with E-state index in [0.29, 0.717) is 20.6 Å². The highest BCUT2D eigenvalue weighted by atomic mass is 79.9. The van der Waals surface area contributed by atoms with Crippen LogP contribution >= 0.6 is 27.3 Å². The van der Waals surface area contributed by atoms with Crippen LogP contribution in [0.25, 0.3) is 11.8 Å². The molecule has 228 valence electrons. The Morgan fingerprint density at radius 2 is 1.64 bits per heavy atom. The molecule has 1 N–H and O–H groups in total. The van der Waals surface area contributed by atoms with E-state index in [1.165, 1.54) is 11.3 Å². The molecule has 0 saturated heterocycles. The van der Waals surface area contributed by atoms with Crippen molar-refractivity contribution in [1.82, 2.24) is 4.57 Å². The zero-order valence-electron chi connectivity index (χ0n) is 26.1. The number of aromatic hydroxyl groups is 1. The number of nitrogens with zero attached hydrogens (tertiary/aromatic N) is 2. The highest BCUT2D eigenvalue weighted by molar-refractivity contribution is 9.10. The van der Waals surface area contributed by atoms with Gasteiger partial charge in [-0.3, -0.25) is 9.36 Å². The molecule has 1 aliphatic rings. The molecular formula is C36H37BrN2O4S. The Labute approximate surface area is 270 Å². The molecule has 0 radical (unpaired) electrons. The van der Waals surface area contributed by atoms with E-state index in [1.54, 1.807) is 11.5 Å². The van der Waals surface area contributed by atoms with Crippen LogP contribution in [0.15, 0.2) is 86.6 Å². The summed E-state index contributed by atoms with van der Waals surface area (Å²) < 4.78 is 8.47. The minimum atomic E-state index is -0.754. The molecule has 0 aliphatic carbocycles. The van der Waals surface area contributed by atoms with Gasteiger partial charge in [-0.05, 0) is 59.2 Å². The minimum Gasteiger partial charge on any atom is -0.507 e. The Morgan fingerprint density at radius 1 is 1.00 bits per heavy atom. The topological polar surface area (TPSA) is 80.9 Å². The molecule has 0 amide bonds. The lowest BCUT2D eigenvalue weighted by molar-refractivity contribution is -0.138. The highest BCUT2D eigenvalue weighted by Crippen LogP contribution is 2.40. The number of benzene rings is 3. The highest BCUT2D eigenvalue weighted by Gasteiger charge is 2.35. The number of phenols is 1. The summed E-state index contributed by atoms with van der Waals surface area (Å²) in [4.78, 5) is 33.4. The zero-order chi connectivity index (χ0) is 32.0. The van der Waals surface area contributed by atoms with E-state index >= 15 is 0 Å². The number of hydrogen-bond acceptors (Lipinski definition) is 6. The molecule has 1 atom stereocenters. The lowest BCUT2D eigenvalue weighted by atomic mass is 9.78. The molecule has 0 bridgehead atoms. The number of rotatable bonds is 5. The average molecular weight is 674 g/mol. The number of thiazole rings is 1. The van der Waals surface area contributed by atoms with E-state index in [9.17, 15) is 14.7 Å². The molecule has 3 aromatic carbocycles. The number of carbonyl (C=O) groups excluding carboxylic acids is 1. The first-order chi connectivity index (χ1) is 20.7. The van der Waals surface area contributed by atoms with Crippen LogP contribution in [0.4, 0.5) is 0 Å². The van der Waals surface area contributed by atoms with Gasteiger partial charge in [0.05, 0.1) is 28.5 Å². The van der Waals surface area contributed by atoms with Gasteiger partial charge in [0, 0.05) is 21.2 Å². The number of hydrogen-bond donors (Lipinski definition) is 1. The molecular weight excluding hydrogens is 636 g/mol. The van der Waals surface area contributed by atoms with Crippen LogP contribution in [0, 0.1) is 0 Å². The van der Waals surface area contributed by atoms with Crippen LogP contribution in [-0.2, 0) is 20.4 Å². The van der Waals surface area contributed by atoms with Crippen molar-refractivity contribution >= 4 is 45.0 Å². The summed E-state index contributed by atoms with van der Waals surface area (Å²) >= 11 is 4.85. The van der Waals surface area contributed by atoms with Crippen molar-refractivity contribution in [3.63, 3.8) is 0 Å². The Bertz CT molecular complexity index is 1920. The first-order valence-corrected chi connectivity index (χ1v) is 16.2. The van der Waals surface area contributed by atoms with Crippen LogP contribution in [-0.4, -0.2) is 22.2 Å². The fourth-order valence-corrected chi connectivity index (χ4v) is 6.89. The van der Waals surface area contributed by atoms with E-state index < -0.39 is 12.0 Å². The molecule has 2 heterocycles. The number of esters is 1. The predicted octanol–water partition coefficient (Wildman–Crippen LogP) is 7.00. The maximum Gasteiger partial charge on any atom is 0.338 e. The van der Waals surface area contributed by atoms with Crippen molar-refractivity contribution in [2.75, 3.05) is 6.61 Å². The van der Waals surface area contributed by atoms with E-state index in [0.717, 1.165) is 32.3 Å². The van der Waals surface area contributed by atoms with E-state index in [-0.39, 0.29) is 28.7 Å². The third kappa shape index (κ3) is 6.10. The van der Waals surface area contributed by atoms with Gasteiger partial charge in [-0.15, -0.1) is 0 Å². The number of phenolic OH excluding ortho intramolecular Hbond substituents is 1. The standard InChI is InChI=1S/C36H37BrN2O4S/c1-8-43-33(42)28-29(22-13-10-9-11-14-22)38-34-39(30(28)23-15-12-16-24(37)20-23)32(41)27(44-34)19-21-17-25(35(2,3)4)31(40)26(18-21)36(5,6)7/h9-20,30,40H,8H2,1-7H3/b27-19-/t30-/m0/s1. The smallest absolute Gasteiger partial charge is 0.338 e. The third-order valence-corrected chi connectivity index (χ3v) is 9.06. The van der Waals surface area contributed by atoms with Gasteiger partial charge in [-0.2, -0.15) is 0 Å². The molecule has 0 spiro atoms. The lowest BCUT2D eigenvalue weighted by Crippen LogP contribution is -2.40. The first kappa shape index (κ1) is 31.7. The first-order valence-electron chi connectivity index (χ1n) is 14.6. The number of fused-ring (bicyclic) bond motifs is 1. The van der Waals surface area contributed by atoms with Gasteiger partial charge in [-0.1, -0.05) is 111 Å². The van der Waals surface area contributed by atoms with Crippen LogP contribution in [0.5, 0.6) is 5.75 Å². The van der Waals surface area contributed by atoms with Crippen LogP contribution < -0.4 is 14.9 Å². The zero-order valence-corrected chi connectivity index (χ0v) is 28.5. The number of carbonyl (C=O) groups is 1. The molecule has 0 fully saturated rings. The van der Waals surface area contributed by atoms with Gasteiger partial charge >= 0.3 is 5.97 Å². The minimum absolute atomic E-state index is 0.188. The monoisotopic (exact) mass is 672 g/mol. The van der Waals surface area contributed by atoms with Crippen molar-refractivity contribution < 1.29 is 14.6 Å².